The van der Waals surface area contributed by atoms with E-state index in [-0.39, 0.29) is 24.5 Å². The van der Waals surface area contributed by atoms with Gasteiger partial charge >= 0.3 is 6.03 Å². The summed E-state index contributed by atoms with van der Waals surface area (Å²) < 4.78 is 2.07. The zero-order valence-corrected chi connectivity index (χ0v) is 11.3. The van der Waals surface area contributed by atoms with Crippen LogP contribution in [-0.4, -0.2) is 52.1 Å². The summed E-state index contributed by atoms with van der Waals surface area (Å²) in [5.74, 6) is 0.988. The highest BCUT2D eigenvalue weighted by atomic mass is 16.2. The molecular formula is C13H19N5O2. The normalized spacial score (nSPS) is 22.1. The standard InChI is InChI=1S/C13H19N5O2/c19-12(9-18-6-1-4-15-13(18)20)16-10-2-3-11-14-5-7-17(11)8-10/h5,7,10H,1-4,6,8-9H2,(H,15,20)(H,16,19)/t10-/m1/s1. The molecule has 0 bridgehead atoms. The van der Waals surface area contributed by atoms with Crippen LogP contribution < -0.4 is 10.6 Å². The zero-order valence-electron chi connectivity index (χ0n) is 11.3. The van der Waals surface area contributed by atoms with Crippen LogP contribution in [0.25, 0.3) is 0 Å². The Bertz CT molecular complexity index is 513. The maximum absolute atomic E-state index is 12.0. The van der Waals surface area contributed by atoms with Crippen LogP contribution in [0.2, 0.25) is 0 Å². The number of hydrogen-bond acceptors (Lipinski definition) is 3. The Kier molecular flexibility index (Phi) is 3.58. The molecule has 108 valence electrons. The van der Waals surface area contributed by atoms with E-state index in [0.29, 0.717) is 13.1 Å². The molecule has 20 heavy (non-hydrogen) atoms. The molecule has 0 radical (unpaired) electrons. The van der Waals surface area contributed by atoms with E-state index in [0.717, 1.165) is 31.6 Å². The Morgan fingerprint density at radius 3 is 3.30 bits per heavy atom. The Morgan fingerprint density at radius 1 is 1.55 bits per heavy atom. The third-order valence-corrected chi connectivity index (χ3v) is 3.80. The fourth-order valence-electron chi connectivity index (χ4n) is 2.76. The van der Waals surface area contributed by atoms with Gasteiger partial charge < -0.3 is 20.1 Å². The number of aryl methyl sites for hydroxylation is 1. The summed E-state index contributed by atoms with van der Waals surface area (Å²) in [6.07, 6.45) is 6.39. The molecule has 0 saturated carbocycles. The topological polar surface area (TPSA) is 79.3 Å². The maximum Gasteiger partial charge on any atom is 0.317 e. The summed E-state index contributed by atoms with van der Waals surface area (Å²) in [7, 11) is 0. The smallest absolute Gasteiger partial charge is 0.317 e. The molecule has 3 rings (SSSR count). The third-order valence-electron chi connectivity index (χ3n) is 3.80. The van der Waals surface area contributed by atoms with Crippen LogP contribution in [0.4, 0.5) is 4.79 Å². The first-order chi connectivity index (χ1) is 9.72. The van der Waals surface area contributed by atoms with E-state index in [1.807, 2.05) is 6.20 Å². The van der Waals surface area contributed by atoms with Crippen LogP contribution in [0.3, 0.4) is 0 Å². The molecule has 3 amide bonds. The molecule has 7 heteroatoms. The molecule has 1 aromatic heterocycles. The summed E-state index contributed by atoms with van der Waals surface area (Å²) in [6, 6.07) is -0.0241. The Hall–Kier alpha value is -2.05. The number of carbonyl (C=O) groups is 2. The van der Waals surface area contributed by atoms with E-state index in [4.69, 9.17) is 0 Å². The minimum Gasteiger partial charge on any atom is -0.350 e. The van der Waals surface area contributed by atoms with Gasteiger partial charge in [-0.1, -0.05) is 0 Å². The second kappa shape index (κ2) is 5.52. The van der Waals surface area contributed by atoms with Gasteiger partial charge in [-0.3, -0.25) is 4.79 Å². The first-order valence-corrected chi connectivity index (χ1v) is 7.04. The number of rotatable bonds is 3. The van der Waals surface area contributed by atoms with Crippen molar-refractivity contribution in [1.82, 2.24) is 25.1 Å². The van der Waals surface area contributed by atoms with Gasteiger partial charge in [0, 0.05) is 44.5 Å². The van der Waals surface area contributed by atoms with Gasteiger partial charge in [0.1, 0.15) is 12.4 Å². The highest BCUT2D eigenvalue weighted by Crippen LogP contribution is 2.13. The molecule has 1 saturated heterocycles. The molecule has 7 nitrogen and oxygen atoms in total. The highest BCUT2D eigenvalue weighted by molar-refractivity contribution is 5.84. The van der Waals surface area contributed by atoms with Crippen LogP contribution in [0.1, 0.15) is 18.7 Å². The molecule has 1 fully saturated rings. The molecule has 1 atom stereocenters. The van der Waals surface area contributed by atoms with Gasteiger partial charge in [-0.05, 0) is 12.8 Å². The predicted octanol–water partition coefficient (Wildman–Crippen LogP) is -0.271. The van der Waals surface area contributed by atoms with Crippen molar-refractivity contribution in [2.45, 2.75) is 31.8 Å². The van der Waals surface area contributed by atoms with Crippen LogP contribution in [0.5, 0.6) is 0 Å². The fraction of sp³-hybridized carbons (Fsp3) is 0.615. The van der Waals surface area contributed by atoms with Gasteiger partial charge in [-0.15, -0.1) is 0 Å². The van der Waals surface area contributed by atoms with Crippen molar-refractivity contribution < 1.29 is 9.59 Å². The Labute approximate surface area is 117 Å². The predicted molar refractivity (Wildman–Crippen MR) is 72.1 cm³/mol. The average Bonchev–Trinajstić information content (AvgIpc) is 2.89. The fourth-order valence-corrected chi connectivity index (χ4v) is 2.76. The lowest BCUT2D eigenvalue weighted by atomic mass is 10.1. The Balaban J connectivity index is 1.51. The van der Waals surface area contributed by atoms with Gasteiger partial charge in [-0.2, -0.15) is 0 Å². The van der Waals surface area contributed by atoms with Crippen LogP contribution in [-0.2, 0) is 17.8 Å². The molecule has 0 unspecified atom stereocenters. The lowest BCUT2D eigenvalue weighted by Crippen LogP contribution is -2.52. The molecule has 1 aromatic rings. The summed E-state index contributed by atoms with van der Waals surface area (Å²) in [4.78, 5) is 29.4. The number of aromatic nitrogens is 2. The Morgan fingerprint density at radius 2 is 2.45 bits per heavy atom. The quantitative estimate of drug-likeness (QED) is 0.798. The monoisotopic (exact) mass is 277 g/mol. The summed E-state index contributed by atoms with van der Waals surface area (Å²) in [6.45, 7) is 2.24. The number of nitrogens with zero attached hydrogens (tertiary/aromatic N) is 3. The van der Waals surface area contributed by atoms with Gasteiger partial charge in [0.25, 0.3) is 0 Å². The first kappa shape index (κ1) is 13.0. The lowest BCUT2D eigenvalue weighted by Gasteiger charge is -2.29. The maximum atomic E-state index is 12.0. The second-order valence-corrected chi connectivity index (χ2v) is 5.31. The summed E-state index contributed by atoms with van der Waals surface area (Å²) >= 11 is 0. The number of fused-ring (bicyclic) bond motifs is 1. The van der Waals surface area contributed by atoms with E-state index in [2.05, 4.69) is 20.2 Å². The van der Waals surface area contributed by atoms with Crippen LogP contribution in [0, 0.1) is 0 Å². The van der Waals surface area contributed by atoms with Gasteiger partial charge in [-0.25, -0.2) is 9.78 Å². The van der Waals surface area contributed by atoms with Crippen molar-refractivity contribution in [1.29, 1.82) is 0 Å². The third kappa shape index (κ3) is 2.76. The first-order valence-electron chi connectivity index (χ1n) is 7.04. The zero-order chi connectivity index (χ0) is 13.9. The number of hydrogen-bond donors (Lipinski definition) is 2. The van der Waals surface area contributed by atoms with Gasteiger partial charge in [0.05, 0.1) is 0 Å². The lowest BCUT2D eigenvalue weighted by molar-refractivity contribution is -0.122. The van der Waals surface area contributed by atoms with Crippen molar-refractivity contribution >= 4 is 11.9 Å². The van der Waals surface area contributed by atoms with Gasteiger partial charge in [0.15, 0.2) is 0 Å². The van der Waals surface area contributed by atoms with E-state index in [1.54, 1.807) is 11.1 Å². The molecule has 2 N–H and O–H groups in total. The molecule has 2 aliphatic rings. The SMILES string of the molecule is O=C(CN1CCCNC1=O)N[C@@H]1CCc2nccn2C1. The number of nitrogens with one attached hydrogen (secondary N) is 2. The van der Waals surface area contributed by atoms with E-state index >= 15 is 0 Å². The van der Waals surface area contributed by atoms with Crippen LogP contribution >= 0.6 is 0 Å². The van der Waals surface area contributed by atoms with E-state index in [1.165, 1.54) is 0 Å². The largest absolute Gasteiger partial charge is 0.350 e. The second-order valence-electron chi connectivity index (χ2n) is 5.31. The van der Waals surface area contributed by atoms with Crippen LogP contribution in [0.15, 0.2) is 12.4 Å². The number of urea groups is 1. The molecule has 2 aliphatic heterocycles. The molecule has 3 heterocycles. The highest BCUT2D eigenvalue weighted by Gasteiger charge is 2.23. The van der Waals surface area contributed by atoms with Crippen molar-refractivity contribution in [2.24, 2.45) is 0 Å². The minimum absolute atomic E-state index is 0.0874. The summed E-state index contributed by atoms with van der Waals surface area (Å²) in [5, 5.41) is 5.75. The van der Waals surface area contributed by atoms with Gasteiger partial charge in [0.2, 0.25) is 5.91 Å². The van der Waals surface area contributed by atoms with Crippen molar-refractivity contribution in [2.75, 3.05) is 19.6 Å². The number of imidazole rings is 1. The molecule has 0 aliphatic carbocycles. The average molecular weight is 277 g/mol. The molecule has 0 aromatic carbocycles. The van der Waals surface area contributed by atoms with E-state index in [9.17, 15) is 9.59 Å². The summed E-state index contributed by atoms with van der Waals surface area (Å²) in [5.41, 5.74) is 0. The number of carbonyl (C=O) groups excluding carboxylic acids is 2. The van der Waals surface area contributed by atoms with Crippen molar-refractivity contribution in [3.8, 4) is 0 Å². The minimum atomic E-state index is -0.146. The van der Waals surface area contributed by atoms with Crippen molar-refractivity contribution in [3.63, 3.8) is 0 Å². The number of amides is 3. The van der Waals surface area contributed by atoms with Crippen molar-refractivity contribution in [3.05, 3.63) is 18.2 Å². The molecular weight excluding hydrogens is 258 g/mol. The molecule has 0 spiro atoms. The van der Waals surface area contributed by atoms with E-state index < -0.39 is 0 Å².